The van der Waals surface area contributed by atoms with Crippen LogP contribution in [0.4, 0.5) is 5.69 Å². The zero-order chi connectivity index (χ0) is 18.8. The van der Waals surface area contributed by atoms with Crippen molar-refractivity contribution in [1.29, 1.82) is 0 Å². The van der Waals surface area contributed by atoms with Crippen molar-refractivity contribution < 1.29 is 14.4 Å². The number of amides is 3. The molecule has 1 aliphatic carbocycles. The van der Waals surface area contributed by atoms with Gasteiger partial charge in [0.1, 0.15) is 6.04 Å². The van der Waals surface area contributed by atoms with Crippen LogP contribution in [0, 0.1) is 17.8 Å². The average molecular weight is 354 g/mol. The normalized spacial score (nSPS) is 23.3. The van der Waals surface area contributed by atoms with Gasteiger partial charge in [0, 0.05) is 12.7 Å². The minimum atomic E-state index is -0.745. The van der Waals surface area contributed by atoms with E-state index in [4.69, 9.17) is 0 Å². The van der Waals surface area contributed by atoms with Crippen molar-refractivity contribution in [3.8, 4) is 0 Å². The van der Waals surface area contributed by atoms with E-state index >= 15 is 0 Å². The Balaban J connectivity index is 1.90. The number of para-hydroxylation sites is 1. The zero-order valence-electron chi connectivity index (χ0n) is 15.6. The molecule has 0 N–H and O–H groups in total. The Bertz CT molecular complexity index is 700. The summed E-state index contributed by atoms with van der Waals surface area (Å²) in [7, 11) is 1.70. The molecule has 0 aromatic heterocycles. The lowest BCUT2D eigenvalue weighted by atomic mass is 9.85. The second-order valence-corrected chi connectivity index (χ2v) is 7.58. The molecule has 0 spiro atoms. The molecule has 1 saturated heterocycles. The van der Waals surface area contributed by atoms with E-state index in [2.05, 4.69) is 0 Å². The third-order valence-corrected chi connectivity index (χ3v) is 5.31. The smallest absolute Gasteiger partial charge is 0.250 e. The highest BCUT2D eigenvalue weighted by molar-refractivity contribution is 6.10. The summed E-state index contributed by atoms with van der Waals surface area (Å²) in [5, 5.41) is 0. The van der Waals surface area contributed by atoms with Gasteiger partial charge in [0.05, 0.1) is 11.8 Å². The van der Waals surface area contributed by atoms with Crippen LogP contribution in [0.1, 0.15) is 33.1 Å². The minimum absolute atomic E-state index is 0.189. The maximum absolute atomic E-state index is 13.2. The molecule has 3 atom stereocenters. The highest BCUT2D eigenvalue weighted by atomic mass is 16.2. The molecule has 3 rings (SSSR count). The van der Waals surface area contributed by atoms with E-state index in [1.807, 2.05) is 56.3 Å². The third-order valence-electron chi connectivity index (χ3n) is 5.31. The summed E-state index contributed by atoms with van der Waals surface area (Å²) in [4.78, 5) is 41.9. The highest BCUT2D eigenvalue weighted by Crippen LogP contribution is 2.37. The summed E-state index contributed by atoms with van der Waals surface area (Å²) >= 11 is 0. The summed E-state index contributed by atoms with van der Waals surface area (Å²) in [6.07, 6.45) is 5.57. The topological polar surface area (TPSA) is 57.7 Å². The van der Waals surface area contributed by atoms with Gasteiger partial charge in [0.25, 0.3) is 0 Å². The van der Waals surface area contributed by atoms with Crippen LogP contribution in [0.15, 0.2) is 42.5 Å². The number of fused-ring (bicyclic) bond motifs is 1. The van der Waals surface area contributed by atoms with Crippen LogP contribution in [-0.4, -0.2) is 35.7 Å². The molecule has 0 saturated carbocycles. The second-order valence-electron chi connectivity index (χ2n) is 7.58. The van der Waals surface area contributed by atoms with Gasteiger partial charge in [-0.2, -0.15) is 0 Å². The van der Waals surface area contributed by atoms with Crippen LogP contribution >= 0.6 is 0 Å². The fourth-order valence-electron chi connectivity index (χ4n) is 3.90. The Kier molecular flexibility index (Phi) is 5.25. The number of carbonyl (C=O) groups excluding carboxylic acids is 3. The Morgan fingerprint density at radius 3 is 2.12 bits per heavy atom. The van der Waals surface area contributed by atoms with Gasteiger partial charge < -0.3 is 4.90 Å². The molecular formula is C21H26N2O3. The molecule has 1 aromatic rings. The monoisotopic (exact) mass is 354 g/mol. The Morgan fingerprint density at radius 2 is 1.62 bits per heavy atom. The quantitative estimate of drug-likeness (QED) is 0.603. The maximum Gasteiger partial charge on any atom is 0.250 e. The first-order valence-corrected chi connectivity index (χ1v) is 9.26. The van der Waals surface area contributed by atoms with Crippen LogP contribution < -0.4 is 4.90 Å². The van der Waals surface area contributed by atoms with E-state index < -0.39 is 6.04 Å². The van der Waals surface area contributed by atoms with Gasteiger partial charge >= 0.3 is 0 Å². The number of benzene rings is 1. The maximum atomic E-state index is 13.2. The Hall–Kier alpha value is -2.43. The number of nitrogens with zero attached hydrogens (tertiary/aromatic N) is 2. The molecule has 1 aromatic carbocycles. The van der Waals surface area contributed by atoms with Gasteiger partial charge in [-0.15, -0.1) is 0 Å². The standard InChI is InChI=1S/C21H26N2O3/c1-14(2)13-18(21(26)22(3)15-9-5-4-6-10-15)23-19(24)16-11-7-8-12-17(16)20(23)25/h4-10,14,16-18H,11-13H2,1-3H3. The Labute approximate surface area is 154 Å². The summed E-state index contributed by atoms with van der Waals surface area (Å²) < 4.78 is 0. The average Bonchev–Trinajstić information content (AvgIpc) is 2.90. The van der Waals surface area contributed by atoms with Crippen LogP contribution in [0.2, 0.25) is 0 Å². The second kappa shape index (κ2) is 7.44. The van der Waals surface area contributed by atoms with E-state index in [-0.39, 0.29) is 35.5 Å². The van der Waals surface area contributed by atoms with Crippen molar-refractivity contribution in [2.75, 3.05) is 11.9 Å². The molecule has 1 fully saturated rings. The summed E-state index contributed by atoms with van der Waals surface area (Å²) in [5.41, 5.74) is 0.754. The van der Waals surface area contributed by atoms with Crippen molar-refractivity contribution in [2.45, 2.75) is 39.2 Å². The van der Waals surface area contributed by atoms with E-state index in [9.17, 15) is 14.4 Å². The molecule has 1 heterocycles. The van der Waals surface area contributed by atoms with E-state index in [1.54, 1.807) is 11.9 Å². The first kappa shape index (κ1) is 18.4. The van der Waals surface area contributed by atoms with Gasteiger partial charge in [-0.3, -0.25) is 19.3 Å². The number of likely N-dealkylation sites (N-methyl/N-ethyl adjacent to an activating group) is 1. The van der Waals surface area contributed by atoms with Gasteiger partial charge in [-0.1, -0.05) is 44.2 Å². The predicted octanol–water partition coefficient (Wildman–Crippen LogP) is 3.02. The lowest BCUT2D eigenvalue weighted by Gasteiger charge is -2.31. The van der Waals surface area contributed by atoms with E-state index in [0.717, 1.165) is 5.69 Å². The predicted molar refractivity (Wildman–Crippen MR) is 100 cm³/mol. The number of hydrogen-bond acceptors (Lipinski definition) is 3. The fraction of sp³-hybridized carbons (Fsp3) is 0.476. The molecule has 3 unspecified atom stereocenters. The minimum Gasteiger partial charge on any atom is -0.314 e. The summed E-state index contributed by atoms with van der Waals surface area (Å²) in [6, 6.07) is 8.57. The molecule has 3 amide bonds. The molecule has 5 heteroatoms. The molecule has 5 nitrogen and oxygen atoms in total. The first-order chi connectivity index (χ1) is 12.4. The highest BCUT2D eigenvalue weighted by Gasteiger charge is 2.51. The van der Waals surface area contributed by atoms with Crippen molar-refractivity contribution in [3.63, 3.8) is 0 Å². The van der Waals surface area contributed by atoms with Crippen molar-refractivity contribution in [1.82, 2.24) is 4.90 Å². The van der Waals surface area contributed by atoms with Crippen LogP contribution in [0.3, 0.4) is 0 Å². The van der Waals surface area contributed by atoms with E-state index in [1.165, 1.54) is 4.90 Å². The number of allylic oxidation sites excluding steroid dienone is 2. The van der Waals surface area contributed by atoms with Gasteiger partial charge in [0.15, 0.2) is 0 Å². The molecular weight excluding hydrogens is 328 g/mol. The van der Waals surface area contributed by atoms with Crippen LogP contribution in [0.25, 0.3) is 0 Å². The molecule has 26 heavy (non-hydrogen) atoms. The number of rotatable bonds is 5. The first-order valence-electron chi connectivity index (χ1n) is 9.26. The van der Waals surface area contributed by atoms with E-state index in [0.29, 0.717) is 19.3 Å². The molecule has 138 valence electrons. The third kappa shape index (κ3) is 3.30. The largest absolute Gasteiger partial charge is 0.314 e. The molecule has 2 aliphatic rings. The lowest BCUT2D eigenvalue weighted by Crippen LogP contribution is -2.51. The SMILES string of the molecule is CC(C)CC(C(=O)N(C)c1ccccc1)N1C(=O)C2CC=CCC2C1=O. The van der Waals surface area contributed by atoms with Gasteiger partial charge in [0.2, 0.25) is 17.7 Å². The van der Waals surface area contributed by atoms with Gasteiger partial charge in [-0.25, -0.2) is 0 Å². The Morgan fingerprint density at radius 1 is 1.08 bits per heavy atom. The number of anilines is 1. The summed E-state index contributed by atoms with van der Waals surface area (Å²) in [6.45, 7) is 4.00. The van der Waals surface area contributed by atoms with Gasteiger partial charge in [-0.05, 0) is 37.3 Å². The fourth-order valence-corrected chi connectivity index (χ4v) is 3.90. The number of carbonyl (C=O) groups is 3. The molecule has 0 bridgehead atoms. The molecule has 1 aliphatic heterocycles. The number of imide groups is 1. The summed E-state index contributed by atoms with van der Waals surface area (Å²) in [5.74, 6) is -1.02. The van der Waals surface area contributed by atoms with Crippen molar-refractivity contribution >= 4 is 23.4 Å². The number of likely N-dealkylation sites (tertiary alicyclic amines) is 1. The van der Waals surface area contributed by atoms with Crippen molar-refractivity contribution in [2.24, 2.45) is 17.8 Å². The van der Waals surface area contributed by atoms with Crippen LogP contribution in [0.5, 0.6) is 0 Å². The molecule has 0 radical (unpaired) electrons. The zero-order valence-corrected chi connectivity index (χ0v) is 15.6. The van der Waals surface area contributed by atoms with Crippen molar-refractivity contribution in [3.05, 3.63) is 42.5 Å². The number of hydrogen-bond donors (Lipinski definition) is 0. The van der Waals surface area contributed by atoms with Crippen LogP contribution in [-0.2, 0) is 14.4 Å². The lowest BCUT2D eigenvalue weighted by molar-refractivity contribution is -0.147.